The van der Waals surface area contributed by atoms with Crippen LogP contribution in [0, 0.1) is 11.8 Å². The van der Waals surface area contributed by atoms with Crippen molar-refractivity contribution in [2.24, 2.45) is 11.8 Å². The van der Waals surface area contributed by atoms with Crippen LogP contribution in [-0.2, 0) is 4.79 Å². The molecule has 1 N–H and O–H groups in total. The maximum atomic E-state index is 12.4. The zero-order valence-electron chi connectivity index (χ0n) is 13.5. The Hall–Kier alpha value is -0.570. The second-order valence-electron chi connectivity index (χ2n) is 7.10. The summed E-state index contributed by atoms with van der Waals surface area (Å²) in [6.45, 7) is 7.53. The summed E-state index contributed by atoms with van der Waals surface area (Å²) in [5, 5.41) is 3.53. The number of hydrogen-bond donors (Lipinski definition) is 1. The Bertz CT molecular complexity index is 310. The third kappa shape index (κ3) is 3.97. The number of amides is 1. The molecule has 0 aromatic carbocycles. The molecule has 1 saturated carbocycles. The average molecular weight is 280 g/mol. The molecule has 2 aliphatic rings. The van der Waals surface area contributed by atoms with E-state index >= 15 is 0 Å². The predicted octanol–water partition coefficient (Wildman–Crippen LogP) is 3.54. The van der Waals surface area contributed by atoms with Gasteiger partial charge in [-0.15, -0.1) is 0 Å². The number of carbonyl (C=O) groups excluding carboxylic acids is 1. The van der Waals surface area contributed by atoms with Crippen molar-refractivity contribution in [1.82, 2.24) is 10.2 Å². The second kappa shape index (κ2) is 7.44. The summed E-state index contributed by atoms with van der Waals surface area (Å²) in [5.74, 6) is 1.91. The van der Waals surface area contributed by atoms with Gasteiger partial charge in [-0.05, 0) is 37.5 Å². The Balaban J connectivity index is 1.82. The van der Waals surface area contributed by atoms with Crippen LogP contribution in [0.3, 0.4) is 0 Å². The van der Waals surface area contributed by atoms with Gasteiger partial charge in [-0.3, -0.25) is 10.1 Å². The Morgan fingerprint density at radius 1 is 1.30 bits per heavy atom. The van der Waals surface area contributed by atoms with Crippen LogP contribution >= 0.6 is 0 Å². The van der Waals surface area contributed by atoms with Gasteiger partial charge in [-0.2, -0.15) is 0 Å². The normalized spacial score (nSPS) is 28.0. The quantitative estimate of drug-likeness (QED) is 0.773. The van der Waals surface area contributed by atoms with E-state index in [1.807, 2.05) is 0 Å². The topological polar surface area (TPSA) is 32.3 Å². The number of rotatable bonds is 7. The van der Waals surface area contributed by atoms with Crippen molar-refractivity contribution in [3.05, 3.63) is 0 Å². The molecule has 2 atom stereocenters. The SMILES string of the molecule is CCC1NC(CC(C)C)N(CCCC2CCCC2)C1=O. The van der Waals surface area contributed by atoms with Crippen LogP contribution < -0.4 is 5.32 Å². The highest BCUT2D eigenvalue weighted by Crippen LogP contribution is 2.29. The Labute approximate surface area is 124 Å². The lowest BCUT2D eigenvalue weighted by atomic mass is 10.0. The summed E-state index contributed by atoms with van der Waals surface area (Å²) >= 11 is 0. The lowest BCUT2D eigenvalue weighted by Crippen LogP contribution is -2.39. The average Bonchev–Trinajstić information content (AvgIpc) is 3.00. The van der Waals surface area contributed by atoms with Gasteiger partial charge in [0.1, 0.15) is 0 Å². The van der Waals surface area contributed by atoms with Crippen molar-refractivity contribution in [2.75, 3.05) is 6.54 Å². The maximum absolute atomic E-state index is 12.4. The molecule has 1 amide bonds. The van der Waals surface area contributed by atoms with Gasteiger partial charge >= 0.3 is 0 Å². The summed E-state index contributed by atoms with van der Waals surface area (Å²) < 4.78 is 0. The molecule has 1 saturated heterocycles. The molecule has 116 valence electrons. The first kappa shape index (κ1) is 15.8. The van der Waals surface area contributed by atoms with E-state index in [9.17, 15) is 4.79 Å². The van der Waals surface area contributed by atoms with Crippen molar-refractivity contribution >= 4 is 5.91 Å². The van der Waals surface area contributed by atoms with Crippen LogP contribution in [0.4, 0.5) is 0 Å². The van der Waals surface area contributed by atoms with Gasteiger partial charge in [0.15, 0.2) is 0 Å². The standard InChI is InChI=1S/C17H32N2O/c1-4-15-17(20)19(16(18-15)12-13(2)3)11-7-10-14-8-5-6-9-14/h13-16,18H,4-12H2,1-3H3. The highest BCUT2D eigenvalue weighted by molar-refractivity contribution is 5.84. The summed E-state index contributed by atoms with van der Waals surface area (Å²) in [6.07, 6.45) is 10.4. The molecule has 0 bridgehead atoms. The van der Waals surface area contributed by atoms with Crippen LogP contribution in [0.1, 0.15) is 72.1 Å². The molecule has 2 rings (SSSR count). The van der Waals surface area contributed by atoms with Crippen molar-refractivity contribution in [3.63, 3.8) is 0 Å². The molecule has 3 heteroatoms. The highest BCUT2D eigenvalue weighted by atomic mass is 16.2. The van der Waals surface area contributed by atoms with Crippen LogP contribution in [0.15, 0.2) is 0 Å². The molecular formula is C17H32N2O. The van der Waals surface area contributed by atoms with E-state index < -0.39 is 0 Å². The Kier molecular flexibility index (Phi) is 5.88. The number of hydrogen-bond acceptors (Lipinski definition) is 2. The fourth-order valence-electron chi connectivity index (χ4n) is 3.80. The molecule has 1 aliphatic heterocycles. The lowest BCUT2D eigenvalue weighted by Gasteiger charge is -2.26. The molecular weight excluding hydrogens is 248 g/mol. The summed E-state index contributed by atoms with van der Waals surface area (Å²) in [4.78, 5) is 14.5. The van der Waals surface area contributed by atoms with Gasteiger partial charge in [0.2, 0.25) is 5.91 Å². The van der Waals surface area contributed by atoms with E-state index in [-0.39, 0.29) is 12.2 Å². The van der Waals surface area contributed by atoms with Crippen LogP contribution in [-0.4, -0.2) is 29.6 Å². The minimum atomic E-state index is 0.0604. The van der Waals surface area contributed by atoms with Gasteiger partial charge < -0.3 is 4.90 Å². The molecule has 0 aromatic rings. The van der Waals surface area contributed by atoms with E-state index in [0.29, 0.717) is 11.8 Å². The fraction of sp³-hybridized carbons (Fsp3) is 0.941. The third-order valence-electron chi connectivity index (χ3n) is 4.94. The highest BCUT2D eigenvalue weighted by Gasteiger charge is 2.37. The summed E-state index contributed by atoms with van der Waals surface area (Å²) in [6, 6.07) is 0.0604. The van der Waals surface area contributed by atoms with E-state index in [0.717, 1.165) is 25.3 Å². The monoisotopic (exact) mass is 280 g/mol. The molecule has 3 nitrogen and oxygen atoms in total. The van der Waals surface area contributed by atoms with Crippen molar-refractivity contribution < 1.29 is 4.79 Å². The van der Waals surface area contributed by atoms with Gasteiger partial charge in [-0.25, -0.2) is 0 Å². The minimum absolute atomic E-state index is 0.0604. The molecule has 0 aromatic heterocycles. The largest absolute Gasteiger partial charge is 0.326 e. The number of carbonyl (C=O) groups is 1. The van der Waals surface area contributed by atoms with Crippen LogP contribution in [0.2, 0.25) is 0 Å². The zero-order chi connectivity index (χ0) is 14.5. The van der Waals surface area contributed by atoms with Crippen molar-refractivity contribution in [3.8, 4) is 0 Å². The van der Waals surface area contributed by atoms with E-state index in [4.69, 9.17) is 0 Å². The van der Waals surface area contributed by atoms with Crippen LogP contribution in [0.25, 0.3) is 0 Å². The van der Waals surface area contributed by atoms with Crippen molar-refractivity contribution in [2.45, 2.75) is 84.3 Å². The summed E-state index contributed by atoms with van der Waals surface area (Å²) in [5.41, 5.74) is 0. The number of nitrogens with zero attached hydrogens (tertiary/aromatic N) is 1. The first-order valence-electron chi connectivity index (χ1n) is 8.68. The molecule has 0 spiro atoms. The minimum Gasteiger partial charge on any atom is -0.326 e. The molecule has 2 unspecified atom stereocenters. The van der Waals surface area contributed by atoms with Gasteiger partial charge in [-0.1, -0.05) is 46.5 Å². The summed E-state index contributed by atoms with van der Waals surface area (Å²) in [7, 11) is 0. The van der Waals surface area contributed by atoms with E-state index in [2.05, 4.69) is 31.0 Å². The Morgan fingerprint density at radius 2 is 2.00 bits per heavy atom. The molecule has 2 fully saturated rings. The third-order valence-corrected chi connectivity index (χ3v) is 4.94. The van der Waals surface area contributed by atoms with Gasteiger partial charge in [0.05, 0.1) is 12.2 Å². The second-order valence-corrected chi connectivity index (χ2v) is 7.10. The molecule has 20 heavy (non-hydrogen) atoms. The fourth-order valence-corrected chi connectivity index (χ4v) is 3.80. The smallest absolute Gasteiger partial charge is 0.241 e. The first-order chi connectivity index (χ1) is 9.61. The van der Waals surface area contributed by atoms with Gasteiger partial charge in [0.25, 0.3) is 0 Å². The maximum Gasteiger partial charge on any atom is 0.241 e. The number of nitrogens with one attached hydrogen (secondary N) is 1. The zero-order valence-corrected chi connectivity index (χ0v) is 13.5. The molecule has 0 radical (unpaired) electrons. The molecule has 1 heterocycles. The first-order valence-corrected chi connectivity index (χ1v) is 8.68. The van der Waals surface area contributed by atoms with Crippen LogP contribution in [0.5, 0.6) is 0 Å². The lowest BCUT2D eigenvalue weighted by molar-refractivity contribution is -0.130. The predicted molar refractivity (Wildman–Crippen MR) is 83.4 cm³/mol. The van der Waals surface area contributed by atoms with E-state index in [1.54, 1.807) is 0 Å². The van der Waals surface area contributed by atoms with E-state index in [1.165, 1.54) is 38.5 Å². The Morgan fingerprint density at radius 3 is 2.60 bits per heavy atom. The molecule has 1 aliphatic carbocycles. The van der Waals surface area contributed by atoms with Crippen molar-refractivity contribution in [1.29, 1.82) is 0 Å². The van der Waals surface area contributed by atoms with Gasteiger partial charge in [0, 0.05) is 6.54 Å².